The van der Waals surface area contributed by atoms with Crippen LogP contribution in [0.4, 0.5) is 13.2 Å². The van der Waals surface area contributed by atoms with Crippen LogP contribution in [-0.4, -0.2) is 42.7 Å². The number of alkyl halides is 3. The van der Waals surface area contributed by atoms with Crippen molar-refractivity contribution in [2.24, 2.45) is 0 Å². The summed E-state index contributed by atoms with van der Waals surface area (Å²) in [5, 5.41) is 2.78. The van der Waals surface area contributed by atoms with Gasteiger partial charge in [0.1, 0.15) is 6.54 Å². The summed E-state index contributed by atoms with van der Waals surface area (Å²) in [4.78, 5) is 12.3. The highest BCUT2D eigenvalue weighted by molar-refractivity contribution is 5.85. The van der Waals surface area contributed by atoms with E-state index in [-0.39, 0.29) is 19.0 Å². The Morgan fingerprint density at radius 3 is 2.44 bits per heavy atom. The molecular formula is C9H14ClF3N2O. The number of halogens is 4. The van der Waals surface area contributed by atoms with Crippen LogP contribution in [0, 0.1) is 0 Å². The van der Waals surface area contributed by atoms with Crippen molar-refractivity contribution in [3.8, 4) is 0 Å². The van der Waals surface area contributed by atoms with Gasteiger partial charge in [-0.1, -0.05) is 6.08 Å². The number of rotatable bonds is 4. The van der Waals surface area contributed by atoms with Crippen LogP contribution in [0.15, 0.2) is 12.7 Å². The quantitative estimate of drug-likeness (QED) is 0.772. The molecule has 1 amide bonds. The smallest absolute Gasteiger partial charge is 0.329 e. The fourth-order valence-electron chi connectivity index (χ4n) is 1.32. The number of carbonyl (C=O) groups is 1. The van der Waals surface area contributed by atoms with Gasteiger partial charge in [0.05, 0.1) is 6.04 Å². The monoisotopic (exact) mass is 258 g/mol. The normalized spacial score (nSPS) is 19.3. The van der Waals surface area contributed by atoms with Gasteiger partial charge in [0.25, 0.3) is 0 Å². The van der Waals surface area contributed by atoms with Gasteiger partial charge in [0.2, 0.25) is 5.91 Å². The molecule has 1 heterocycles. The summed E-state index contributed by atoms with van der Waals surface area (Å²) in [5.41, 5.74) is 0. The minimum absolute atomic E-state index is 0. The Morgan fingerprint density at radius 1 is 1.56 bits per heavy atom. The molecule has 0 unspecified atom stereocenters. The summed E-state index contributed by atoms with van der Waals surface area (Å²) in [6, 6.07) is -0.452. The van der Waals surface area contributed by atoms with Crippen molar-refractivity contribution in [2.75, 3.05) is 19.6 Å². The molecule has 0 spiro atoms. The van der Waals surface area contributed by atoms with Crippen LogP contribution >= 0.6 is 12.4 Å². The lowest BCUT2D eigenvalue weighted by Gasteiger charge is -2.32. The van der Waals surface area contributed by atoms with Crippen LogP contribution in [0.1, 0.15) is 6.42 Å². The molecule has 0 bridgehead atoms. The van der Waals surface area contributed by atoms with E-state index in [1.165, 1.54) is 6.08 Å². The van der Waals surface area contributed by atoms with Crippen molar-refractivity contribution < 1.29 is 18.0 Å². The largest absolute Gasteiger partial charge is 0.406 e. The second kappa shape index (κ2) is 6.10. The van der Waals surface area contributed by atoms with Gasteiger partial charge in [-0.25, -0.2) is 0 Å². The first-order valence-electron chi connectivity index (χ1n) is 4.64. The van der Waals surface area contributed by atoms with Gasteiger partial charge in [-0.05, 0) is 13.0 Å². The molecule has 7 heteroatoms. The summed E-state index contributed by atoms with van der Waals surface area (Å²) in [7, 11) is 0. The van der Waals surface area contributed by atoms with Crippen LogP contribution < -0.4 is 5.32 Å². The van der Waals surface area contributed by atoms with E-state index in [0.29, 0.717) is 13.0 Å². The highest BCUT2D eigenvalue weighted by atomic mass is 35.5. The number of hydrogen-bond acceptors (Lipinski definition) is 2. The van der Waals surface area contributed by atoms with Crippen molar-refractivity contribution in [3.63, 3.8) is 0 Å². The maximum absolute atomic E-state index is 12.1. The van der Waals surface area contributed by atoms with Crippen molar-refractivity contribution >= 4 is 18.3 Å². The Labute approximate surface area is 98.1 Å². The van der Waals surface area contributed by atoms with E-state index in [1.54, 1.807) is 0 Å². The highest BCUT2D eigenvalue weighted by Gasteiger charge is 2.36. The first-order chi connectivity index (χ1) is 6.94. The Kier molecular flexibility index (Phi) is 5.81. The molecule has 3 nitrogen and oxygen atoms in total. The summed E-state index contributed by atoms with van der Waals surface area (Å²) in [6.45, 7) is 2.73. The molecule has 1 fully saturated rings. The van der Waals surface area contributed by atoms with Crippen molar-refractivity contribution in [1.29, 1.82) is 0 Å². The van der Waals surface area contributed by atoms with Crippen molar-refractivity contribution in [2.45, 2.75) is 18.6 Å². The van der Waals surface area contributed by atoms with Gasteiger partial charge >= 0.3 is 6.18 Å². The maximum atomic E-state index is 12.1. The summed E-state index contributed by atoms with van der Waals surface area (Å²) >= 11 is 0. The summed E-state index contributed by atoms with van der Waals surface area (Å²) in [5.74, 6) is -0.501. The molecule has 16 heavy (non-hydrogen) atoms. The van der Waals surface area contributed by atoms with Crippen LogP contribution in [0.25, 0.3) is 0 Å². The zero-order valence-corrected chi connectivity index (χ0v) is 9.40. The lowest BCUT2D eigenvalue weighted by Crippen LogP contribution is -2.55. The molecular weight excluding hydrogens is 245 g/mol. The second-order valence-electron chi connectivity index (χ2n) is 3.42. The van der Waals surface area contributed by atoms with E-state index >= 15 is 0 Å². The van der Waals surface area contributed by atoms with Gasteiger partial charge in [-0.2, -0.15) is 13.2 Å². The molecule has 94 valence electrons. The standard InChI is InChI=1S/C9H13F3N2O.ClH/c1-2-5-14(6-9(10,11)12)8(15)7-3-4-13-7;/h2,7,13H,1,3-6H2;1H/t7-;/m1./s1. The first-order valence-corrected chi connectivity index (χ1v) is 4.64. The highest BCUT2D eigenvalue weighted by Crippen LogP contribution is 2.18. The lowest BCUT2D eigenvalue weighted by molar-refractivity contribution is -0.162. The third-order valence-electron chi connectivity index (χ3n) is 2.15. The van der Waals surface area contributed by atoms with Gasteiger partial charge < -0.3 is 10.2 Å². The number of hydrogen-bond donors (Lipinski definition) is 1. The molecule has 1 aliphatic heterocycles. The zero-order valence-electron chi connectivity index (χ0n) is 8.59. The summed E-state index contributed by atoms with van der Waals surface area (Å²) < 4.78 is 36.4. The Morgan fingerprint density at radius 2 is 2.12 bits per heavy atom. The van der Waals surface area contributed by atoms with Crippen molar-refractivity contribution in [1.82, 2.24) is 10.2 Å². The number of amides is 1. The van der Waals surface area contributed by atoms with Crippen LogP contribution in [0.3, 0.4) is 0 Å². The minimum Gasteiger partial charge on any atom is -0.329 e. The minimum atomic E-state index is -4.36. The number of carbonyl (C=O) groups excluding carboxylic acids is 1. The molecule has 0 radical (unpaired) electrons. The van der Waals surface area contributed by atoms with E-state index in [9.17, 15) is 18.0 Å². The number of nitrogens with one attached hydrogen (secondary N) is 1. The van der Waals surface area contributed by atoms with Crippen LogP contribution in [-0.2, 0) is 4.79 Å². The van der Waals surface area contributed by atoms with E-state index in [4.69, 9.17) is 0 Å². The summed E-state index contributed by atoms with van der Waals surface area (Å²) in [6.07, 6.45) is -2.46. The van der Waals surface area contributed by atoms with E-state index in [2.05, 4.69) is 11.9 Å². The lowest BCUT2D eigenvalue weighted by atomic mass is 10.1. The number of nitrogens with zero attached hydrogens (tertiary/aromatic N) is 1. The SMILES string of the molecule is C=CCN(CC(F)(F)F)C(=O)[C@H]1CCN1.Cl. The zero-order chi connectivity index (χ0) is 11.5. The van der Waals surface area contributed by atoms with E-state index < -0.39 is 24.7 Å². The predicted octanol–water partition coefficient (Wildman–Crippen LogP) is 1.35. The Bertz CT molecular complexity index is 254. The molecule has 1 rings (SSSR count). The molecule has 1 aliphatic rings. The Balaban J connectivity index is 0.00000225. The van der Waals surface area contributed by atoms with E-state index in [1.807, 2.05) is 0 Å². The fraction of sp³-hybridized carbons (Fsp3) is 0.667. The molecule has 0 aromatic heterocycles. The molecule has 1 saturated heterocycles. The predicted molar refractivity (Wildman–Crippen MR) is 56.5 cm³/mol. The Hall–Kier alpha value is -0.750. The van der Waals surface area contributed by atoms with Gasteiger partial charge in [0, 0.05) is 6.54 Å². The topological polar surface area (TPSA) is 32.3 Å². The molecule has 1 atom stereocenters. The van der Waals surface area contributed by atoms with Gasteiger partial charge in [0.15, 0.2) is 0 Å². The fourth-order valence-corrected chi connectivity index (χ4v) is 1.32. The second-order valence-corrected chi connectivity index (χ2v) is 3.42. The van der Waals surface area contributed by atoms with Crippen LogP contribution in [0.2, 0.25) is 0 Å². The molecule has 1 N–H and O–H groups in total. The third kappa shape index (κ3) is 4.40. The average molecular weight is 259 g/mol. The average Bonchev–Trinajstić information content (AvgIpc) is 1.97. The molecule has 0 aromatic carbocycles. The maximum Gasteiger partial charge on any atom is 0.406 e. The first kappa shape index (κ1) is 15.2. The van der Waals surface area contributed by atoms with Crippen LogP contribution in [0.5, 0.6) is 0 Å². The third-order valence-corrected chi connectivity index (χ3v) is 2.15. The van der Waals surface area contributed by atoms with Crippen molar-refractivity contribution in [3.05, 3.63) is 12.7 Å². The molecule has 0 aliphatic carbocycles. The van der Waals surface area contributed by atoms with Gasteiger partial charge in [-0.3, -0.25) is 4.79 Å². The molecule has 0 aromatic rings. The van der Waals surface area contributed by atoms with E-state index in [0.717, 1.165) is 4.90 Å². The van der Waals surface area contributed by atoms with Gasteiger partial charge in [-0.15, -0.1) is 19.0 Å². The molecule has 0 saturated carbocycles.